The first-order valence-electron chi connectivity index (χ1n) is 8.66. The highest BCUT2D eigenvalue weighted by Crippen LogP contribution is 2.30. The second kappa shape index (κ2) is 7.81. The summed E-state index contributed by atoms with van der Waals surface area (Å²) in [6.45, 7) is 1.28. The van der Waals surface area contributed by atoms with E-state index in [-0.39, 0.29) is 34.0 Å². The zero-order chi connectivity index (χ0) is 19.5. The summed E-state index contributed by atoms with van der Waals surface area (Å²) < 4.78 is 5.52. The fourth-order valence-electron chi connectivity index (χ4n) is 3.11. The minimum absolute atomic E-state index is 0.00931. The molecule has 0 N–H and O–H groups in total. The van der Waals surface area contributed by atoms with Gasteiger partial charge in [-0.1, -0.05) is 48.2 Å². The Morgan fingerprint density at radius 3 is 2.71 bits per heavy atom. The molecule has 4 rings (SSSR count). The number of rotatable bonds is 5. The molecule has 28 heavy (non-hydrogen) atoms. The van der Waals surface area contributed by atoms with Crippen LogP contribution in [-0.2, 0) is 17.8 Å². The Kier molecular flexibility index (Phi) is 5.07. The van der Waals surface area contributed by atoms with Gasteiger partial charge in [-0.25, -0.2) is 0 Å². The Morgan fingerprint density at radius 2 is 1.89 bits per heavy atom. The van der Waals surface area contributed by atoms with E-state index >= 15 is 0 Å². The van der Waals surface area contributed by atoms with Gasteiger partial charge in [-0.3, -0.25) is 14.9 Å². The molecule has 8 nitrogen and oxygen atoms in total. The molecule has 2 heterocycles. The summed E-state index contributed by atoms with van der Waals surface area (Å²) in [6.07, 6.45) is 0.842. The van der Waals surface area contributed by atoms with Gasteiger partial charge in [-0.2, -0.15) is 0 Å². The summed E-state index contributed by atoms with van der Waals surface area (Å²) in [7, 11) is 0. The van der Waals surface area contributed by atoms with Gasteiger partial charge in [0.2, 0.25) is 5.91 Å². The standard InChI is InChI=1S/C19H16N4O4S/c24-17(22-10-9-13-5-1-2-6-14(13)11-22)12-28-19-21-20-18(27-19)15-7-3-4-8-16(15)23(25)26/h1-8H,9-12H2. The van der Waals surface area contributed by atoms with Crippen LogP contribution in [0.1, 0.15) is 11.1 Å². The number of nitro benzene ring substituents is 1. The highest BCUT2D eigenvalue weighted by Gasteiger charge is 2.23. The molecule has 0 saturated heterocycles. The molecule has 0 spiro atoms. The third-order valence-electron chi connectivity index (χ3n) is 4.54. The maximum absolute atomic E-state index is 12.5. The number of nitro groups is 1. The van der Waals surface area contributed by atoms with Crippen LogP contribution in [-0.4, -0.2) is 38.2 Å². The number of benzene rings is 2. The van der Waals surface area contributed by atoms with Crippen LogP contribution < -0.4 is 0 Å². The molecule has 9 heteroatoms. The van der Waals surface area contributed by atoms with Crippen molar-refractivity contribution in [1.82, 2.24) is 15.1 Å². The number of fused-ring (bicyclic) bond motifs is 1. The van der Waals surface area contributed by atoms with Crippen LogP contribution in [0.4, 0.5) is 5.69 Å². The van der Waals surface area contributed by atoms with Gasteiger partial charge in [0, 0.05) is 19.2 Å². The lowest BCUT2D eigenvalue weighted by atomic mass is 10.00. The molecule has 0 saturated carbocycles. The van der Waals surface area contributed by atoms with Crippen LogP contribution in [0.3, 0.4) is 0 Å². The smallest absolute Gasteiger partial charge is 0.282 e. The minimum Gasteiger partial charge on any atom is -0.411 e. The summed E-state index contributed by atoms with van der Waals surface area (Å²) in [5, 5.41) is 19.1. The second-order valence-electron chi connectivity index (χ2n) is 6.27. The molecule has 0 fully saturated rings. The largest absolute Gasteiger partial charge is 0.411 e. The molecule has 0 radical (unpaired) electrons. The maximum atomic E-state index is 12.5. The van der Waals surface area contributed by atoms with Crippen LogP contribution in [0.15, 0.2) is 58.2 Å². The molecule has 1 aliphatic heterocycles. The molecular weight excluding hydrogens is 380 g/mol. The highest BCUT2D eigenvalue weighted by molar-refractivity contribution is 7.99. The van der Waals surface area contributed by atoms with Gasteiger partial charge in [0.15, 0.2) is 0 Å². The average Bonchev–Trinajstić information content (AvgIpc) is 3.20. The molecule has 142 valence electrons. The van der Waals surface area contributed by atoms with E-state index in [1.165, 1.54) is 17.2 Å². The number of hydrogen-bond acceptors (Lipinski definition) is 7. The lowest BCUT2D eigenvalue weighted by molar-refractivity contribution is -0.384. The van der Waals surface area contributed by atoms with E-state index in [2.05, 4.69) is 16.3 Å². The van der Waals surface area contributed by atoms with Gasteiger partial charge in [-0.15, -0.1) is 10.2 Å². The summed E-state index contributed by atoms with van der Waals surface area (Å²) in [4.78, 5) is 25.0. The SMILES string of the molecule is O=C(CSc1nnc(-c2ccccc2[N+](=O)[O-])o1)N1CCc2ccccc2C1. The molecule has 0 atom stereocenters. The van der Waals surface area contributed by atoms with Crippen molar-refractivity contribution >= 4 is 23.4 Å². The van der Waals surface area contributed by atoms with Crippen molar-refractivity contribution in [2.45, 2.75) is 18.2 Å². The van der Waals surface area contributed by atoms with Gasteiger partial charge in [-0.05, 0) is 23.6 Å². The number of nitrogens with zero attached hydrogens (tertiary/aromatic N) is 4. The van der Waals surface area contributed by atoms with E-state index in [0.717, 1.165) is 18.2 Å². The van der Waals surface area contributed by atoms with E-state index < -0.39 is 4.92 Å². The first kappa shape index (κ1) is 18.2. The topological polar surface area (TPSA) is 102 Å². The van der Waals surface area contributed by atoms with Crippen LogP contribution in [0.2, 0.25) is 0 Å². The van der Waals surface area contributed by atoms with Crippen molar-refractivity contribution in [2.24, 2.45) is 0 Å². The van der Waals surface area contributed by atoms with Gasteiger partial charge in [0.25, 0.3) is 16.8 Å². The summed E-state index contributed by atoms with van der Waals surface area (Å²) >= 11 is 1.13. The highest BCUT2D eigenvalue weighted by atomic mass is 32.2. The van der Waals surface area contributed by atoms with Crippen molar-refractivity contribution < 1.29 is 14.1 Å². The lowest BCUT2D eigenvalue weighted by Gasteiger charge is -2.28. The Hall–Kier alpha value is -3.20. The zero-order valence-corrected chi connectivity index (χ0v) is 15.6. The molecule has 0 unspecified atom stereocenters. The molecule has 1 amide bonds. The van der Waals surface area contributed by atoms with E-state index in [1.807, 2.05) is 23.1 Å². The van der Waals surface area contributed by atoms with Crippen LogP contribution in [0.5, 0.6) is 0 Å². The van der Waals surface area contributed by atoms with E-state index in [0.29, 0.717) is 13.1 Å². The fraction of sp³-hybridized carbons (Fsp3) is 0.211. The third-order valence-corrected chi connectivity index (χ3v) is 5.34. The number of amides is 1. The molecule has 0 aliphatic carbocycles. The van der Waals surface area contributed by atoms with Crippen molar-refractivity contribution in [2.75, 3.05) is 12.3 Å². The van der Waals surface area contributed by atoms with E-state index in [1.54, 1.807) is 18.2 Å². The number of carbonyl (C=O) groups is 1. The number of thioether (sulfide) groups is 1. The molecule has 3 aromatic rings. The summed E-state index contributed by atoms with van der Waals surface area (Å²) in [6, 6.07) is 14.3. The van der Waals surface area contributed by atoms with Crippen molar-refractivity contribution in [1.29, 1.82) is 0 Å². The average molecular weight is 396 g/mol. The number of carbonyl (C=O) groups excluding carboxylic acids is 1. The van der Waals surface area contributed by atoms with Gasteiger partial charge in [0.1, 0.15) is 5.56 Å². The maximum Gasteiger partial charge on any atom is 0.282 e. The third kappa shape index (κ3) is 3.74. The monoisotopic (exact) mass is 396 g/mol. The minimum atomic E-state index is -0.496. The Balaban J connectivity index is 1.40. The van der Waals surface area contributed by atoms with Crippen molar-refractivity contribution in [3.05, 3.63) is 69.8 Å². The fourth-order valence-corrected chi connectivity index (χ4v) is 3.78. The Morgan fingerprint density at radius 1 is 1.14 bits per heavy atom. The predicted molar refractivity (Wildman–Crippen MR) is 103 cm³/mol. The number of hydrogen-bond donors (Lipinski definition) is 0. The Labute approximate surface area is 164 Å². The molecule has 1 aromatic heterocycles. The van der Waals surface area contributed by atoms with Crippen LogP contribution >= 0.6 is 11.8 Å². The van der Waals surface area contributed by atoms with Crippen LogP contribution in [0.25, 0.3) is 11.5 Å². The van der Waals surface area contributed by atoms with Gasteiger partial charge in [0.05, 0.1) is 10.7 Å². The number of aromatic nitrogens is 2. The van der Waals surface area contributed by atoms with Gasteiger partial charge < -0.3 is 9.32 Å². The molecule has 1 aliphatic rings. The van der Waals surface area contributed by atoms with Gasteiger partial charge >= 0.3 is 0 Å². The molecular formula is C19H16N4O4S. The van der Waals surface area contributed by atoms with E-state index in [4.69, 9.17) is 4.42 Å². The summed E-state index contributed by atoms with van der Waals surface area (Å²) in [5.74, 6) is 0.222. The van der Waals surface area contributed by atoms with Crippen LogP contribution in [0, 0.1) is 10.1 Å². The summed E-state index contributed by atoms with van der Waals surface area (Å²) in [5.41, 5.74) is 2.60. The normalized spacial score (nSPS) is 13.2. The Bertz CT molecular complexity index is 1040. The quantitative estimate of drug-likeness (QED) is 0.370. The lowest BCUT2D eigenvalue weighted by Crippen LogP contribution is -2.37. The molecule has 0 bridgehead atoms. The second-order valence-corrected chi connectivity index (χ2v) is 7.20. The number of para-hydroxylation sites is 1. The van der Waals surface area contributed by atoms with Crippen molar-refractivity contribution in [3.8, 4) is 11.5 Å². The van der Waals surface area contributed by atoms with E-state index in [9.17, 15) is 14.9 Å². The first-order valence-corrected chi connectivity index (χ1v) is 9.65. The predicted octanol–water partition coefficient (Wildman–Crippen LogP) is 3.32. The van der Waals surface area contributed by atoms with Crippen molar-refractivity contribution in [3.63, 3.8) is 0 Å². The zero-order valence-electron chi connectivity index (χ0n) is 14.8. The molecule has 2 aromatic carbocycles. The first-order chi connectivity index (χ1) is 13.6.